The maximum absolute atomic E-state index is 13.0. The number of benzene rings is 2. The number of hydrogen-bond donors (Lipinski definition) is 2. The van der Waals surface area contributed by atoms with E-state index in [-0.39, 0.29) is 23.3 Å². The van der Waals surface area contributed by atoms with Crippen LogP contribution in [0.4, 0.5) is 20.2 Å². The van der Waals surface area contributed by atoms with Crippen molar-refractivity contribution < 1.29 is 13.6 Å². The Morgan fingerprint density at radius 2 is 1.33 bits per heavy atom. The minimum Gasteiger partial charge on any atom is -0.336 e. The van der Waals surface area contributed by atoms with Gasteiger partial charge in [-0.3, -0.25) is 10.2 Å². The zero-order valence-electron chi connectivity index (χ0n) is 13.7. The van der Waals surface area contributed by atoms with Crippen molar-refractivity contribution >= 4 is 23.0 Å². The fraction of sp³-hybridized carbons (Fsp3) is 0.222. The molecule has 0 saturated carbocycles. The Labute approximate surface area is 139 Å². The Bertz CT molecular complexity index is 732. The van der Waals surface area contributed by atoms with Crippen molar-refractivity contribution in [1.29, 1.82) is 0 Å². The lowest BCUT2D eigenvalue weighted by atomic mass is 9.90. The normalized spacial score (nSPS) is 12.0. The minimum absolute atomic E-state index is 0.0819. The van der Waals surface area contributed by atoms with E-state index in [1.807, 2.05) is 0 Å². The molecule has 6 heteroatoms. The molecule has 4 nitrogen and oxygen atoms in total. The first-order valence-electron chi connectivity index (χ1n) is 7.42. The molecule has 0 aliphatic rings. The second kappa shape index (κ2) is 7.21. The van der Waals surface area contributed by atoms with E-state index in [4.69, 9.17) is 0 Å². The molecule has 0 atom stereocenters. The van der Waals surface area contributed by atoms with Gasteiger partial charge in [0.1, 0.15) is 11.6 Å². The van der Waals surface area contributed by atoms with Gasteiger partial charge < -0.3 is 5.32 Å². The van der Waals surface area contributed by atoms with E-state index >= 15 is 0 Å². The molecule has 0 amide bonds. The number of ketones is 1. The molecule has 0 fully saturated rings. The SMILES string of the molecule is CC(C)(C)C(=O)/C(=N\Nc1ccc(F)cc1)Nc1ccc(F)cc1. The number of Topliss-reactive ketones (excluding diaryl/α,β-unsaturated/α-hetero) is 1. The quantitative estimate of drug-likeness (QED) is 0.495. The molecule has 2 rings (SSSR count). The predicted molar refractivity (Wildman–Crippen MR) is 91.9 cm³/mol. The van der Waals surface area contributed by atoms with Gasteiger partial charge >= 0.3 is 0 Å². The molecule has 0 saturated heterocycles. The average Bonchev–Trinajstić information content (AvgIpc) is 2.53. The van der Waals surface area contributed by atoms with Gasteiger partial charge in [-0.2, -0.15) is 5.10 Å². The summed E-state index contributed by atoms with van der Waals surface area (Å²) in [6, 6.07) is 11.2. The predicted octanol–water partition coefficient (Wildman–Crippen LogP) is 4.42. The lowest BCUT2D eigenvalue weighted by Gasteiger charge is -2.19. The highest BCUT2D eigenvalue weighted by molar-refractivity contribution is 6.44. The molecule has 0 spiro atoms. The second-order valence-corrected chi connectivity index (χ2v) is 6.29. The second-order valence-electron chi connectivity index (χ2n) is 6.29. The number of nitrogens with zero attached hydrogens (tertiary/aromatic N) is 1. The van der Waals surface area contributed by atoms with Crippen molar-refractivity contribution in [3.05, 3.63) is 60.2 Å². The monoisotopic (exact) mass is 331 g/mol. The Morgan fingerprint density at radius 3 is 1.79 bits per heavy atom. The van der Waals surface area contributed by atoms with Gasteiger partial charge in [0.05, 0.1) is 5.69 Å². The highest BCUT2D eigenvalue weighted by Gasteiger charge is 2.27. The van der Waals surface area contributed by atoms with E-state index in [0.717, 1.165) is 0 Å². The molecule has 0 heterocycles. The third kappa shape index (κ3) is 4.87. The van der Waals surface area contributed by atoms with Crippen LogP contribution >= 0.6 is 0 Å². The molecule has 24 heavy (non-hydrogen) atoms. The van der Waals surface area contributed by atoms with E-state index in [9.17, 15) is 13.6 Å². The molecule has 0 aliphatic carbocycles. The number of amidine groups is 1. The van der Waals surface area contributed by atoms with Crippen molar-refractivity contribution in [3.8, 4) is 0 Å². The van der Waals surface area contributed by atoms with Crippen LogP contribution in [0.25, 0.3) is 0 Å². The number of halogens is 2. The topological polar surface area (TPSA) is 53.5 Å². The van der Waals surface area contributed by atoms with Gasteiger partial charge in [0, 0.05) is 11.1 Å². The third-order valence-corrected chi connectivity index (χ3v) is 3.14. The van der Waals surface area contributed by atoms with Crippen molar-refractivity contribution in [3.63, 3.8) is 0 Å². The van der Waals surface area contributed by atoms with Gasteiger partial charge in [-0.15, -0.1) is 0 Å². The van der Waals surface area contributed by atoms with Crippen LogP contribution < -0.4 is 10.7 Å². The van der Waals surface area contributed by atoms with Crippen LogP contribution in [0, 0.1) is 17.0 Å². The molecule has 2 N–H and O–H groups in total. The van der Waals surface area contributed by atoms with E-state index < -0.39 is 5.41 Å². The number of carbonyl (C=O) groups is 1. The van der Waals surface area contributed by atoms with Gasteiger partial charge in [-0.1, -0.05) is 20.8 Å². The van der Waals surface area contributed by atoms with Crippen molar-refractivity contribution in [2.24, 2.45) is 10.5 Å². The molecular weight excluding hydrogens is 312 g/mol. The minimum atomic E-state index is -0.656. The summed E-state index contributed by atoms with van der Waals surface area (Å²) < 4.78 is 25.9. The lowest BCUT2D eigenvalue weighted by molar-refractivity contribution is -0.119. The number of hydrogen-bond acceptors (Lipinski definition) is 3. The van der Waals surface area contributed by atoms with Gasteiger partial charge in [0.15, 0.2) is 5.84 Å². The van der Waals surface area contributed by atoms with Crippen LogP contribution in [-0.2, 0) is 4.79 Å². The molecule has 126 valence electrons. The molecule has 0 unspecified atom stereocenters. The standard InChI is InChI=1S/C18H19F2N3O/c1-18(2,3)16(24)17(21-14-8-4-12(19)5-9-14)23-22-15-10-6-13(20)7-11-15/h4-11,22H,1-3H3,(H,21,23). The number of carbonyl (C=O) groups excluding carboxylic acids is 1. The fourth-order valence-corrected chi connectivity index (χ4v) is 1.81. The van der Waals surface area contributed by atoms with Crippen molar-refractivity contribution in [1.82, 2.24) is 0 Å². The third-order valence-electron chi connectivity index (χ3n) is 3.14. The largest absolute Gasteiger partial charge is 0.336 e. The van der Waals surface area contributed by atoms with E-state index in [1.165, 1.54) is 48.5 Å². The van der Waals surface area contributed by atoms with Crippen LogP contribution in [0.15, 0.2) is 53.6 Å². The summed E-state index contributed by atoms with van der Waals surface area (Å²) in [5.41, 5.74) is 3.14. The maximum atomic E-state index is 13.0. The molecular formula is C18H19F2N3O. The summed E-state index contributed by atoms with van der Waals surface area (Å²) in [4.78, 5) is 12.5. The van der Waals surface area contributed by atoms with Crippen molar-refractivity contribution in [2.45, 2.75) is 20.8 Å². The molecule has 0 aromatic heterocycles. The summed E-state index contributed by atoms with van der Waals surface area (Å²) in [6.07, 6.45) is 0. The lowest BCUT2D eigenvalue weighted by Crippen LogP contribution is -2.34. The van der Waals surface area contributed by atoms with Gasteiger partial charge in [0.25, 0.3) is 0 Å². The molecule has 0 aliphatic heterocycles. The average molecular weight is 331 g/mol. The van der Waals surface area contributed by atoms with Crippen LogP contribution in [0.1, 0.15) is 20.8 Å². The Hall–Kier alpha value is -2.76. The first-order chi connectivity index (χ1) is 11.3. The highest BCUT2D eigenvalue weighted by Crippen LogP contribution is 2.18. The Morgan fingerprint density at radius 1 is 0.875 bits per heavy atom. The smallest absolute Gasteiger partial charge is 0.205 e. The van der Waals surface area contributed by atoms with Gasteiger partial charge in [0.2, 0.25) is 5.78 Å². The zero-order valence-corrected chi connectivity index (χ0v) is 13.7. The first-order valence-corrected chi connectivity index (χ1v) is 7.42. The summed E-state index contributed by atoms with van der Waals surface area (Å²) >= 11 is 0. The van der Waals surface area contributed by atoms with Crippen LogP contribution in [0.5, 0.6) is 0 Å². The summed E-state index contributed by atoms with van der Waals surface area (Å²) in [5, 5.41) is 6.99. The van der Waals surface area contributed by atoms with Crippen LogP contribution in [-0.4, -0.2) is 11.6 Å². The molecule has 0 radical (unpaired) electrons. The fourth-order valence-electron chi connectivity index (χ4n) is 1.81. The van der Waals surface area contributed by atoms with Crippen LogP contribution in [0.3, 0.4) is 0 Å². The number of anilines is 2. The molecule has 2 aromatic rings. The highest BCUT2D eigenvalue weighted by atomic mass is 19.1. The molecule has 0 bridgehead atoms. The Balaban J connectivity index is 2.24. The first kappa shape index (κ1) is 17.6. The van der Waals surface area contributed by atoms with E-state index in [1.54, 1.807) is 20.8 Å². The molecule has 2 aromatic carbocycles. The summed E-state index contributed by atoms with van der Waals surface area (Å²) in [6.45, 7) is 5.32. The van der Waals surface area contributed by atoms with Gasteiger partial charge in [-0.25, -0.2) is 8.78 Å². The number of nitrogens with one attached hydrogen (secondary N) is 2. The van der Waals surface area contributed by atoms with E-state index in [0.29, 0.717) is 11.4 Å². The summed E-state index contributed by atoms with van der Waals surface area (Å²) in [7, 11) is 0. The van der Waals surface area contributed by atoms with Crippen molar-refractivity contribution in [2.75, 3.05) is 10.7 Å². The number of hydrazone groups is 1. The Kier molecular flexibility index (Phi) is 5.28. The van der Waals surface area contributed by atoms with Crippen LogP contribution in [0.2, 0.25) is 0 Å². The maximum Gasteiger partial charge on any atom is 0.205 e. The zero-order chi connectivity index (χ0) is 17.7. The van der Waals surface area contributed by atoms with E-state index in [2.05, 4.69) is 15.8 Å². The summed E-state index contributed by atoms with van der Waals surface area (Å²) in [5.74, 6) is -0.870. The van der Waals surface area contributed by atoms with Gasteiger partial charge in [-0.05, 0) is 48.5 Å². The number of rotatable bonds is 4.